The van der Waals surface area contributed by atoms with Crippen molar-refractivity contribution in [3.8, 4) is 5.88 Å². The SMILES string of the molecule is CC12CCC(c3ccc(C4=Nc5c(N)ncnc5OC4(C)C)cc3)(CC1)CC2.CCO. The molecule has 3 N–H and O–H groups in total. The maximum Gasteiger partial charge on any atom is 0.246 e. The Morgan fingerprint density at radius 3 is 2.13 bits per heavy atom. The van der Waals surface area contributed by atoms with Crippen LogP contribution in [0, 0.1) is 5.41 Å². The molecule has 1 aliphatic heterocycles. The molecule has 1 aromatic carbocycles. The molecule has 3 aliphatic carbocycles. The summed E-state index contributed by atoms with van der Waals surface area (Å²) in [5.41, 5.74) is 10.3. The first-order valence-electron chi connectivity index (χ1n) is 11.3. The van der Waals surface area contributed by atoms with Crippen molar-refractivity contribution in [2.45, 2.75) is 77.2 Å². The second kappa shape index (κ2) is 7.90. The number of ether oxygens (including phenoxy) is 1. The highest BCUT2D eigenvalue weighted by atomic mass is 16.5. The number of hydrogen-bond donors (Lipinski definition) is 2. The summed E-state index contributed by atoms with van der Waals surface area (Å²) in [7, 11) is 0. The van der Waals surface area contributed by atoms with Gasteiger partial charge < -0.3 is 15.6 Å². The van der Waals surface area contributed by atoms with Crippen LogP contribution in [0.1, 0.15) is 77.3 Å². The van der Waals surface area contributed by atoms with Crippen molar-refractivity contribution < 1.29 is 9.84 Å². The van der Waals surface area contributed by atoms with Crippen LogP contribution in [0.4, 0.5) is 11.5 Å². The second-order valence-electron chi connectivity index (χ2n) is 9.97. The van der Waals surface area contributed by atoms with E-state index < -0.39 is 5.60 Å². The van der Waals surface area contributed by atoms with Crippen LogP contribution in [0.2, 0.25) is 0 Å². The van der Waals surface area contributed by atoms with Gasteiger partial charge in [0.1, 0.15) is 11.9 Å². The van der Waals surface area contributed by atoms with Crippen LogP contribution in [0.5, 0.6) is 5.88 Å². The van der Waals surface area contributed by atoms with Crippen molar-refractivity contribution in [3.05, 3.63) is 41.7 Å². The molecule has 0 unspecified atom stereocenters. The molecule has 1 aromatic heterocycles. The zero-order valence-electron chi connectivity index (χ0n) is 19.1. The molecule has 0 spiro atoms. The molecule has 6 rings (SSSR count). The molecule has 166 valence electrons. The second-order valence-corrected chi connectivity index (χ2v) is 9.97. The number of rotatable bonds is 2. The zero-order valence-corrected chi connectivity index (χ0v) is 19.1. The fraction of sp³-hybridized carbons (Fsp3) is 0.560. The van der Waals surface area contributed by atoms with E-state index in [9.17, 15) is 0 Å². The number of nitrogens with two attached hydrogens (primary N) is 1. The Balaban J connectivity index is 0.000000730. The predicted molar refractivity (Wildman–Crippen MR) is 124 cm³/mol. The van der Waals surface area contributed by atoms with Crippen molar-refractivity contribution in [1.29, 1.82) is 0 Å². The summed E-state index contributed by atoms with van der Waals surface area (Å²) in [4.78, 5) is 13.0. The number of nitrogens with zero attached hydrogens (tertiary/aromatic N) is 3. The summed E-state index contributed by atoms with van der Waals surface area (Å²) >= 11 is 0. The van der Waals surface area contributed by atoms with E-state index in [4.69, 9.17) is 20.6 Å². The van der Waals surface area contributed by atoms with Gasteiger partial charge in [-0.1, -0.05) is 31.2 Å². The third kappa shape index (κ3) is 3.93. The van der Waals surface area contributed by atoms with E-state index in [1.54, 1.807) is 6.92 Å². The molecule has 0 radical (unpaired) electrons. The van der Waals surface area contributed by atoms with Gasteiger partial charge in [0.2, 0.25) is 5.88 Å². The third-order valence-electron chi connectivity index (χ3n) is 7.35. The smallest absolute Gasteiger partial charge is 0.246 e. The molecule has 2 aromatic rings. The molecule has 2 bridgehead atoms. The van der Waals surface area contributed by atoms with Gasteiger partial charge in [0.25, 0.3) is 0 Å². The molecular weight excluding hydrogens is 388 g/mol. The number of aromatic nitrogens is 2. The predicted octanol–water partition coefficient (Wildman–Crippen LogP) is 4.96. The van der Waals surface area contributed by atoms with E-state index in [1.807, 2.05) is 13.8 Å². The maximum atomic E-state index is 7.57. The molecule has 4 aliphatic rings. The minimum absolute atomic E-state index is 0.250. The minimum Gasteiger partial charge on any atom is -0.463 e. The molecule has 0 saturated heterocycles. The lowest BCUT2D eigenvalue weighted by atomic mass is 9.52. The fourth-order valence-electron chi connectivity index (χ4n) is 5.29. The molecule has 3 saturated carbocycles. The molecule has 0 atom stereocenters. The van der Waals surface area contributed by atoms with Gasteiger partial charge in [0.05, 0.1) is 5.71 Å². The Labute approximate surface area is 185 Å². The average molecular weight is 423 g/mol. The van der Waals surface area contributed by atoms with Gasteiger partial charge in [-0.25, -0.2) is 9.98 Å². The summed E-state index contributed by atoms with van der Waals surface area (Å²) in [5, 5.41) is 7.57. The van der Waals surface area contributed by atoms with Crippen LogP contribution >= 0.6 is 0 Å². The van der Waals surface area contributed by atoms with Crippen LogP contribution in [0.25, 0.3) is 0 Å². The first kappa shape index (κ1) is 21.8. The van der Waals surface area contributed by atoms with E-state index >= 15 is 0 Å². The minimum atomic E-state index is -0.578. The van der Waals surface area contributed by atoms with E-state index in [0.717, 1.165) is 11.3 Å². The number of nitrogen functional groups attached to an aromatic ring is 1. The Hall–Kier alpha value is -2.47. The van der Waals surface area contributed by atoms with Gasteiger partial charge >= 0.3 is 0 Å². The molecule has 3 fully saturated rings. The van der Waals surface area contributed by atoms with Crippen LogP contribution in [0.3, 0.4) is 0 Å². The third-order valence-corrected chi connectivity index (χ3v) is 7.35. The average Bonchev–Trinajstić information content (AvgIpc) is 2.74. The van der Waals surface area contributed by atoms with Crippen molar-refractivity contribution in [2.24, 2.45) is 10.4 Å². The first-order chi connectivity index (χ1) is 14.7. The van der Waals surface area contributed by atoms with Gasteiger partial charge in [-0.2, -0.15) is 4.98 Å². The highest BCUT2D eigenvalue weighted by molar-refractivity contribution is 6.09. The van der Waals surface area contributed by atoms with E-state index in [2.05, 4.69) is 41.2 Å². The monoisotopic (exact) mass is 422 g/mol. The van der Waals surface area contributed by atoms with Crippen LogP contribution in [-0.4, -0.2) is 33.0 Å². The number of hydrogen-bond acceptors (Lipinski definition) is 6. The van der Waals surface area contributed by atoms with E-state index in [0.29, 0.717) is 28.2 Å². The van der Waals surface area contributed by atoms with Crippen molar-refractivity contribution >= 4 is 17.2 Å². The largest absolute Gasteiger partial charge is 0.463 e. The molecule has 6 nitrogen and oxygen atoms in total. The van der Waals surface area contributed by atoms with Crippen molar-refractivity contribution in [2.75, 3.05) is 12.3 Å². The lowest BCUT2D eigenvalue weighted by Gasteiger charge is -2.52. The topological polar surface area (TPSA) is 93.6 Å². The Bertz CT molecular complexity index is 957. The van der Waals surface area contributed by atoms with Gasteiger partial charge in [0, 0.05) is 12.2 Å². The normalized spacial score (nSPS) is 28.0. The Kier molecular flexibility index (Phi) is 5.54. The molecule has 2 heterocycles. The number of aliphatic hydroxyl groups excluding tert-OH is 1. The number of benzene rings is 1. The number of aliphatic hydroxyl groups is 1. The van der Waals surface area contributed by atoms with Crippen LogP contribution in [-0.2, 0) is 5.41 Å². The first-order valence-corrected chi connectivity index (χ1v) is 11.3. The number of aliphatic imine (C=N–C) groups is 1. The highest BCUT2D eigenvalue weighted by Crippen LogP contribution is 2.57. The van der Waals surface area contributed by atoms with E-state index in [-0.39, 0.29) is 6.61 Å². The lowest BCUT2D eigenvalue weighted by molar-refractivity contribution is 0.0556. The van der Waals surface area contributed by atoms with Gasteiger partial charge in [0.15, 0.2) is 11.5 Å². The number of fused-ring (bicyclic) bond motifs is 4. The van der Waals surface area contributed by atoms with Crippen LogP contribution < -0.4 is 10.5 Å². The summed E-state index contributed by atoms with van der Waals surface area (Å²) in [6, 6.07) is 9.01. The summed E-state index contributed by atoms with van der Waals surface area (Å²) < 4.78 is 6.11. The summed E-state index contributed by atoms with van der Waals surface area (Å²) in [6.07, 6.45) is 9.45. The van der Waals surface area contributed by atoms with Gasteiger partial charge in [-0.3, -0.25) is 0 Å². The van der Waals surface area contributed by atoms with Crippen LogP contribution in [0.15, 0.2) is 35.6 Å². The molecule has 0 amide bonds. The quantitative estimate of drug-likeness (QED) is 0.713. The van der Waals surface area contributed by atoms with Gasteiger partial charge in [-0.05, 0) is 75.7 Å². The Morgan fingerprint density at radius 1 is 0.968 bits per heavy atom. The zero-order chi connectivity index (χ0) is 22.3. The van der Waals surface area contributed by atoms with E-state index in [1.165, 1.54) is 50.4 Å². The lowest BCUT2D eigenvalue weighted by Crippen LogP contribution is -2.43. The molecule has 31 heavy (non-hydrogen) atoms. The summed E-state index contributed by atoms with van der Waals surface area (Å²) in [5.74, 6) is 0.796. The van der Waals surface area contributed by atoms with Crippen molar-refractivity contribution in [3.63, 3.8) is 0 Å². The summed E-state index contributed by atoms with van der Waals surface area (Å²) in [6.45, 7) is 8.43. The Morgan fingerprint density at radius 2 is 1.55 bits per heavy atom. The fourth-order valence-corrected chi connectivity index (χ4v) is 5.29. The van der Waals surface area contributed by atoms with Gasteiger partial charge in [-0.15, -0.1) is 0 Å². The molecular formula is C25H34N4O2. The highest BCUT2D eigenvalue weighted by Gasteiger charge is 2.47. The standard InChI is InChI=1S/C23H28N4O.C2H6O/c1-21(2)18(27-17-19(24)25-14-26-20(17)28-21)15-4-6-16(7-5-15)23-11-8-22(3,9-12-23)10-13-23;1-2-3/h4-7,14H,8-13H2,1-3H3,(H2,24,25,26);3H,2H2,1H3. The maximum absolute atomic E-state index is 7.57. The molecule has 6 heteroatoms. The number of anilines is 1. The van der Waals surface area contributed by atoms with Crippen molar-refractivity contribution in [1.82, 2.24) is 9.97 Å².